The maximum Gasteiger partial charge on any atom is 0.613 e. The highest BCUT2D eigenvalue weighted by molar-refractivity contribution is 7.36. The largest absolute Gasteiger partial charge is 0.613 e. The molecule has 0 fully saturated rings. The molecule has 3 atom stereocenters. The van der Waals surface area contributed by atoms with Crippen LogP contribution < -0.4 is 10.8 Å². The second-order valence-corrected chi connectivity index (χ2v) is 13.0. The fourth-order valence-corrected chi connectivity index (χ4v) is 5.86. The van der Waals surface area contributed by atoms with Crippen molar-refractivity contribution in [2.24, 2.45) is 0 Å². The van der Waals surface area contributed by atoms with Crippen molar-refractivity contribution >= 4 is 31.1 Å². The Bertz CT molecular complexity index is 1120. The van der Waals surface area contributed by atoms with E-state index in [4.69, 9.17) is 19.7 Å². The number of fused-ring (bicyclic) bond motifs is 1. The van der Waals surface area contributed by atoms with E-state index in [9.17, 15) is 13.8 Å². The van der Waals surface area contributed by atoms with Crippen molar-refractivity contribution < 1.29 is 27.7 Å². The Morgan fingerprint density at radius 1 is 1.05 bits per heavy atom. The number of nitrogens with zero attached hydrogens (tertiary/aromatic N) is 4. The van der Waals surface area contributed by atoms with Gasteiger partial charge in [0.25, 0.3) is 0 Å². The summed E-state index contributed by atoms with van der Waals surface area (Å²) in [6.45, 7) is 8.23. The van der Waals surface area contributed by atoms with Gasteiger partial charge in [-0.3, -0.25) is 4.79 Å². The number of rotatable bonds is 25. The van der Waals surface area contributed by atoms with Gasteiger partial charge in [0.1, 0.15) is 24.3 Å². The van der Waals surface area contributed by atoms with Gasteiger partial charge >= 0.3 is 20.2 Å². The summed E-state index contributed by atoms with van der Waals surface area (Å²) in [5.41, 5.74) is 5.51. The van der Waals surface area contributed by atoms with Gasteiger partial charge < -0.3 is 19.8 Å². The van der Waals surface area contributed by atoms with E-state index in [1.165, 1.54) is 64.8 Å². The molecule has 0 spiro atoms. The topological polar surface area (TPSA) is 143 Å². The Balaban J connectivity index is 1.83. The molecule has 1 unspecified atom stereocenters. The van der Waals surface area contributed by atoms with Crippen molar-refractivity contribution in [3.8, 4) is 0 Å². The Labute approximate surface area is 263 Å². The number of hydrogen-bond donors (Lipinski definition) is 2. The van der Waals surface area contributed by atoms with Crippen LogP contribution >= 0.6 is 8.18 Å². The normalized spacial score (nSPS) is 14.2. The number of aryl methyl sites for hydroxylation is 1. The molecule has 2 aromatic rings. The molecule has 0 aliphatic carbocycles. The fraction of sp³-hybridized carbons (Fsp3) is 0.806. The number of carbonyl (C=O) groups is 1. The van der Waals surface area contributed by atoms with E-state index < -0.39 is 31.9 Å². The van der Waals surface area contributed by atoms with Gasteiger partial charge in [0, 0.05) is 13.7 Å². The highest BCUT2D eigenvalue weighted by atomic mass is 31.1. The number of esters is 1. The summed E-state index contributed by atoms with van der Waals surface area (Å²) < 4.78 is 45.2. The van der Waals surface area contributed by atoms with E-state index in [1.807, 2.05) is 6.92 Å². The summed E-state index contributed by atoms with van der Waals surface area (Å²) in [6.07, 6.45) is 16.8. The van der Waals surface area contributed by atoms with Gasteiger partial charge in [0.05, 0.1) is 11.9 Å². The average Bonchev–Trinajstić information content (AvgIpc) is 3.41. The quantitative estimate of drug-likeness (QED) is 0.0487. The van der Waals surface area contributed by atoms with Crippen LogP contribution in [-0.4, -0.2) is 57.0 Å². The number of carbonyl (C=O) groups excluding carboxylic acids is 1. The van der Waals surface area contributed by atoms with E-state index in [1.54, 1.807) is 11.5 Å². The van der Waals surface area contributed by atoms with Crippen molar-refractivity contribution in [1.29, 1.82) is 0 Å². The van der Waals surface area contributed by atoms with Crippen LogP contribution in [0.15, 0.2) is 6.33 Å². The fourth-order valence-electron chi connectivity index (χ4n) is 4.97. The van der Waals surface area contributed by atoms with Crippen LogP contribution in [0.2, 0.25) is 0 Å². The lowest BCUT2D eigenvalue weighted by molar-refractivity contribution is -0.151. The Morgan fingerprint density at radius 3 is 2.23 bits per heavy atom. The van der Waals surface area contributed by atoms with Crippen molar-refractivity contribution in [3.63, 3.8) is 0 Å². The minimum Gasteiger partial charge on any atom is -0.461 e. The van der Waals surface area contributed by atoms with Gasteiger partial charge in [0.2, 0.25) is 0 Å². The molecule has 0 saturated heterocycles. The van der Waals surface area contributed by atoms with E-state index in [0.717, 1.165) is 38.5 Å². The monoisotopic (exact) mass is 641 g/mol. The SMILES string of the molecule is CCCCCCCCC(CCCCCCCC)OC(=O)[C@H](C)N[P+](=O)OC[C@](C)(CCn1cnc2c(N)nc(F)nc21)OC. The Hall–Kier alpha value is -2.27. The molecule has 11 nitrogen and oxygen atoms in total. The first-order valence-corrected chi connectivity index (χ1v) is 17.6. The summed E-state index contributed by atoms with van der Waals surface area (Å²) in [4.78, 5) is 24.4. The lowest BCUT2D eigenvalue weighted by Crippen LogP contribution is -2.36. The van der Waals surface area contributed by atoms with Gasteiger partial charge in [-0.2, -0.15) is 14.4 Å². The molecule has 0 aromatic carbocycles. The molecule has 44 heavy (non-hydrogen) atoms. The minimum absolute atomic E-state index is 0.00965. The second-order valence-electron chi connectivity index (χ2n) is 11.9. The predicted molar refractivity (Wildman–Crippen MR) is 172 cm³/mol. The molecule has 0 aliphatic rings. The molecule has 0 aliphatic heterocycles. The third-order valence-electron chi connectivity index (χ3n) is 8.02. The van der Waals surface area contributed by atoms with Gasteiger partial charge in [-0.05, 0) is 50.5 Å². The highest BCUT2D eigenvalue weighted by Crippen LogP contribution is 2.26. The number of unbranched alkanes of at least 4 members (excludes halogenated alkanes) is 10. The zero-order chi connectivity index (χ0) is 32.4. The van der Waals surface area contributed by atoms with E-state index in [-0.39, 0.29) is 24.2 Å². The lowest BCUT2D eigenvalue weighted by Gasteiger charge is -2.25. The molecule has 2 rings (SSSR count). The molecule has 2 aromatic heterocycles. The van der Waals surface area contributed by atoms with Crippen LogP contribution in [0.5, 0.6) is 0 Å². The summed E-state index contributed by atoms with van der Waals surface area (Å²) in [5.74, 6) is -0.454. The molecular formula is C31H55FN6O5P+. The number of nitrogens with two attached hydrogens (primary N) is 1. The maximum absolute atomic E-state index is 13.7. The van der Waals surface area contributed by atoms with Crippen LogP contribution in [0.4, 0.5) is 10.2 Å². The number of methoxy groups -OCH3 is 1. The molecule has 0 saturated carbocycles. The number of anilines is 1. The molecule has 2 heterocycles. The number of hydrogen-bond acceptors (Lipinski definition) is 9. The summed E-state index contributed by atoms with van der Waals surface area (Å²) in [6, 6.07) is -0.790. The predicted octanol–water partition coefficient (Wildman–Crippen LogP) is 7.41. The summed E-state index contributed by atoms with van der Waals surface area (Å²) in [7, 11) is -0.835. The smallest absolute Gasteiger partial charge is 0.461 e. The molecule has 13 heteroatoms. The van der Waals surface area contributed by atoms with E-state index in [2.05, 4.69) is 33.9 Å². The van der Waals surface area contributed by atoms with Crippen LogP contribution in [0, 0.1) is 6.08 Å². The summed E-state index contributed by atoms with van der Waals surface area (Å²) >= 11 is 0. The van der Waals surface area contributed by atoms with Crippen molar-refractivity contribution in [2.45, 2.75) is 148 Å². The highest BCUT2D eigenvalue weighted by Gasteiger charge is 2.34. The number of nitrogen functional groups attached to an aromatic ring is 1. The van der Waals surface area contributed by atoms with Crippen LogP contribution in [0.3, 0.4) is 0 Å². The summed E-state index contributed by atoms with van der Waals surface area (Å²) in [5, 5.41) is 2.74. The molecule has 0 radical (unpaired) electrons. The number of nitrogens with one attached hydrogen (secondary N) is 1. The number of aromatic nitrogens is 4. The molecule has 3 N–H and O–H groups in total. The zero-order valence-corrected chi connectivity index (χ0v) is 28.4. The van der Waals surface area contributed by atoms with E-state index >= 15 is 0 Å². The first-order valence-electron chi connectivity index (χ1n) is 16.4. The lowest BCUT2D eigenvalue weighted by atomic mass is 10.0. The van der Waals surface area contributed by atoms with Crippen molar-refractivity contribution in [1.82, 2.24) is 24.6 Å². The average molecular weight is 642 g/mol. The first-order chi connectivity index (χ1) is 21.1. The van der Waals surface area contributed by atoms with Gasteiger partial charge in [-0.25, -0.2) is 4.98 Å². The third kappa shape index (κ3) is 13.8. The number of ether oxygens (including phenoxy) is 2. The number of halogens is 1. The minimum atomic E-state index is -2.37. The number of imidazole rings is 1. The standard InChI is InChI=1S/C31H55FN6O5P/c1-6-8-10-12-14-16-18-25(19-17-15-13-11-9-7-2)43-29(39)24(3)37-44(40)42-22-31(4,41-5)20-21-38-23-34-26-27(33)35-30(32)36-28(26)38/h23-25H,6-22H2,1-5H3,(H,37,40)(H2,33,35,36)/q+1/t24-,31-/m0/s1. The van der Waals surface area contributed by atoms with E-state index in [0.29, 0.717) is 18.5 Å². The van der Waals surface area contributed by atoms with Crippen LogP contribution in [0.25, 0.3) is 11.2 Å². The van der Waals surface area contributed by atoms with Crippen molar-refractivity contribution in [2.75, 3.05) is 19.5 Å². The van der Waals surface area contributed by atoms with Crippen LogP contribution in [0.1, 0.15) is 124 Å². The first kappa shape index (κ1) is 37.9. The Morgan fingerprint density at radius 2 is 1.64 bits per heavy atom. The van der Waals surface area contributed by atoms with Gasteiger partial charge in [-0.1, -0.05) is 83.1 Å². The maximum atomic E-state index is 13.7. The molecule has 0 amide bonds. The Kier molecular flexibility index (Phi) is 17.8. The van der Waals surface area contributed by atoms with Crippen molar-refractivity contribution in [3.05, 3.63) is 12.4 Å². The van der Waals surface area contributed by atoms with Gasteiger partial charge in [0.15, 0.2) is 11.5 Å². The third-order valence-corrected chi connectivity index (χ3v) is 8.98. The zero-order valence-electron chi connectivity index (χ0n) is 27.5. The van der Waals surface area contributed by atoms with Crippen LogP contribution in [-0.2, 0) is 29.9 Å². The van der Waals surface area contributed by atoms with Gasteiger partial charge in [-0.15, -0.1) is 4.52 Å². The molecule has 0 bridgehead atoms. The second kappa shape index (κ2) is 20.7. The molecular weight excluding hydrogens is 586 g/mol. The molecule has 250 valence electrons.